The van der Waals surface area contributed by atoms with Gasteiger partial charge in [0.15, 0.2) is 15.0 Å². The number of aliphatic carboxylic acids is 1. The third-order valence-electron chi connectivity index (χ3n) is 4.26. The molecule has 2 fully saturated rings. The summed E-state index contributed by atoms with van der Waals surface area (Å²) in [6, 6.07) is 6.87. The zero-order valence-corrected chi connectivity index (χ0v) is 16.3. The van der Waals surface area contributed by atoms with Gasteiger partial charge in [0.2, 0.25) is 5.91 Å². The maximum Gasteiger partial charge on any atom is 0.303 e. The summed E-state index contributed by atoms with van der Waals surface area (Å²) in [5.74, 6) is -1.02. The average Bonchev–Trinajstić information content (AvgIpc) is 3.05. The maximum absolute atomic E-state index is 12.1. The first-order valence-electron chi connectivity index (χ1n) is 8.52. The number of sulfone groups is 1. The Morgan fingerprint density at radius 1 is 1.30 bits per heavy atom. The van der Waals surface area contributed by atoms with Crippen LogP contribution in [0.5, 0.6) is 5.75 Å². The van der Waals surface area contributed by atoms with Crippen molar-refractivity contribution in [1.29, 1.82) is 0 Å². The molecule has 0 spiro atoms. The number of amides is 1. The van der Waals surface area contributed by atoms with Crippen LogP contribution < -0.4 is 9.64 Å². The number of carbonyl (C=O) groups excluding carboxylic acids is 1. The number of nitrogens with zero attached hydrogens (tertiary/aromatic N) is 2. The minimum Gasteiger partial charge on any atom is -0.492 e. The molecule has 3 rings (SSSR count). The van der Waals surface area contributed by atoms with Crippen molar-refractivity contribution in [2.45, 2.75) is 31.1 Å². The van der Waals surface area contributed by atoms with E-state index in [4.69, 9.17) is 9.84 Å². The fraction of sp³-hybridized carbons (Fsp3) is 0.471. The number of hydrogen-bond donors (Lipinski definition) is 1. The number of anilines is 1. The normalized spacial score (nSPS) is 24.8. The number of benzene rings is 1. The largest absolute Gasteiger partial charge is 0.492 e. The number of aliphatic imine (C=N–C) groups is 1. The molecule has 0 unspecified atom stereocenters. The zero-order chi connectivity index (χ0) is 19.6. The molecule has 2 aliphatic rings. The lowest BCUT2D eigenvalue weighted by Gasteiger charge is -2.26. The van der Waals surface area contributed by atoms with Gasteiger partial charge in [-0.25, -0.2) is 8.42 Å². The number of carboxylic acid groups (broad SMARTS) is 1. The molecule has 2 saturated heterocycles. The van der Waals surface area contributed by atoms with Crippen LogP contribution in [0.1, 0.15) is 19.8 Å². The van der Waals surface area contributed by atoms with Crippen molar-refractivity contribution < 1.29 is 27.9 Å². The van der Waals surface area contributed by atoms with Crippen LogP contribution in [0.3, 0.4) is 0 Å². The number of carboxylic acids is 1. The molecule has 27 heavy (non-hydrogen) atoms. The number of rotatable bonds is 6. The molecule has 0 aliphatic carbocycles. The van der Waals surface area contributed by atoms with E-state index in [0.29, 0.717) is 23.2 Å². The summed E-state index contributed by atoms with van der Waals surface area (Å²) >= 11 is 1.25. The Bertz CT molecular complexity index is 883. The summed E-state index contributed by atoms with van der Waals surface area (Å²) in [6.45, 7) is 2.29. The highest BCUT2D eigenvalue weighted by atomic mass is 32.2. The van der Waals surface area contributed by atoms with E-state index in [1.807, 2.05) is 19.1 Å². The van der Waals surface area contributed by atoms with Gasteiger partial charge in [-0.3, -0.25) is 9.59 Å². The lowest BCUT2D eigenvalue weighted by Crippen LogP contribution is -2.38. The van der Waals surface area contributed by atoms with E-state index < -0.39 is 21.7 Å². The molecule has 10 heteroatoms. The molecule has 1 amide bonds. The summed E-state index contributed by atoms with van der Waals surface area (Å²) in [6.07, 6.45) is -0.495. The van der Waals surface area contributed by atoms with E-state index in [0.717, 1.165) is 0 Å². The monoisotopic (exact) mass is 412 g/mol. The molecule has 0 bridgehead atoms. The first-order chi connectivity index (χ1) is 12.8. The standard InChI is InChI=1S/C17H20N2O6S2/c1-2-25-13-6-4-3-5-11(13)19-12-9-27(23,24)10-14(12)26-17(19)18-15(20)7-8-16(21)22/h3-6,12,14H,2,7-10H2,1H3,(H,21,22)/t12-,14+/m0/s1. The summed E-state index contributed by atoms with van der Waals surface area (Å²) in [5, 5.41) is 8.90. The molecule has 2 heterocycles. The lowest BCUT2D eigenvalue weighted by atomic mass is 10.2. The van der Waals surface area contributed by atoms with Gasteiger partial charge in [-0.2, -0.15) is 4.99 Å². The molecule has 1 aromatic rings. The highest BCUT2D eigenvalue weighted by Crippen LogP contribution is 2.43. The molecular formula is C17H20N2O6S2. The quantitative estimate of drug-likeness (QED) is 0.749. The van der Waals surface area contributed by atoms with Crippen LogP contribution >= 0.6 is 11.8 Å². The van der Waals surface area contributed by atoms with Crippen molar-refractivity contribution in [2.24, 2.45) is 4.99 Å². The van der Waals surface area contributed by atoms with Crippen molar-refractivity contribution in [2.75, 3.05) is 23.0 Å². The number of hydrogen-bond acceptors (Lipinski definition) is 6. The van der Waals surface area contributed by atoms with Crippen molar-refractivity contribution in [3.05, 3.63) is 24.3 Å². The second kappa shape index (κ2) is 7.89. The third-order valence-corrected chi connectivity index (χ3v) is 7.47. The van der Waals surface area contributed by atoms with Crippen LogP contribution in [-0.2, 0) is 19.4 Å². The van der Waals surface area contributed by atoms with E-state index in [1.54, 1.807) is 17.0 Å². The fourth-order valence-electron chi connectivity index (χ4n) is 3.16. The molecule has 0 radical (unpaired) electrons. The first-order valence-corrected chi connectivity index (χ1v) is 11.2. The molecule has 146 valence electrons. The Morgan fingerprint density at radius 2 is 2.04 bits per heavy atom. The second-order valence-corrected chi connectivity index (χ2v) is 9.61. The van der Waals surface area contributed by atoms with Crippen LogP contribution in [0.4, 0.5) is 5.69 Å². The predicted molar refractivity (Wildman–Crippen MR) is 103 cm³/mol. The van der Waals surface area contributed by atoms with Crippen LogP contribution in [0.15, 0.2) is 29.3 Å². The second-order valence-electron chi connectivity index (χ2n) is 6.25. The van der Waals surface area contributed by atoms with E-state index in [9.17, 15) is 18.0 Å². The van der Waals surface area contributed by atoms with Crippen LogP contribution in [0.2, 0.25) is 0 Å². The predicted octanol–water partition coefficient (Wildman–Crippen LogP) is 1.55. The summed E-state index contributed by atoms with van der Waals surface area (Å²) in [4.78, 5) is 28.6. The van der Waals surface area contributed by atoms with Crippen molar-refractivity contribution in [3.63, 3.8) is 0 Å². The van der Waals surface area contributed by atoms with Gasteiger partial charge in [-0.15, -0.1) is 0 Å². The van der Waals surface area contributed by atoms with E-state index in [2.05, 4.69) is 4.99 Å². The SMILES string of the molecule is CCOc1ccccc1N1C(=NC(=O)CCC(=O)O)S[C@@H]2CS(=O)(=O)C[C@@H]21. The van der Waals surface area contributed by atoms with E-state index in [1.165, 1.54) is 11.8 Å². The molecule has 0 saturated carbocycles. The van der Waals surface area contributed by atoms with Gasteiger partial charge in [-0.05, 0) is 19.1 Å². The highest BCUT2D eigenvalue weighted by molar-refractivity contribution is 8.16. The number of carbonyl (C=O) groups is 2. The molecule has 1 N–H and O–H groups in total. The topological polar surface area (TPSA) is 113 Å². The molecular weight excluding hydrogens is 392 g/mol. The zero-order valence-electron chi connectivity index (χ0n) is 14.7. The molecule has 2 aliphatic heterocycles. The Balaban J connectivity index is 1.96. The number of para-hydroxylation sites is 2. The van der Waals surface area contributed by atoms with Crippen LogP contribution in [-0.4, -0.2) is 60.0 Å². The Labute approximate surface area is 161 Å². The van der Waals surface area contributed by atoms with Gasteiger partial charge in [0.25, 0.3) is 0 Å². The third kappa shape index (κ3) is 4.44. The Morgan fingerprint density at radius 3 is 2.74 bits per heavy atom. The lowest BCUT2D eigenvalue weighted by molar-refractivity contribution is -0.138. The highest BCUT2D eigenvalue weighted by Gasteiger charge is 2.50. The summed E-state index contributed by atoms with van der Waals surface area (Å²) < 4.78 is 29.9. The number of ether oxygens (including phenoxy) is 1. The van der Waals surface area contributed by atoms with E-state index in [-0.39, 0.29) is 35.6 Å². The minimum atomic E-state index is -3.17. The van der Waals surface area contributed by atoms with Crippen LogP contribution in [0.25, 0.3) is 0 Å². The average molecular weight is 412 g/mol. The van der Waals surface area contributed by atoms with Crippen LogP contribution in [0, 0.1) is 0 Å². The maximum atomic E-state index is 12.1. The number of thioether (sulfide) groups is 1. The van der Waals surface area contributed by atoms with Gasteiger partial charge >= 0.3 is 5.97 Å². The smallest absolute Gasteiger partial charge is 0.303 e. The van der Waals surface area contributed by atoms with E-state index >= 15 is 0 Å². The van der Waals surface area contributed by atoms with Gasteiger partial charge in [0, 0.05) is 11.7 Å². The number of fused-ring (bicyclic) bond motifs is 1. The van der Waals surface area contributed by atoms with Gasteiger partial charge in [0.05, 0.1) is 36.3 Å². The van der Waals surface area contributed by atoms with Gasteiger partial charge < -0.3 is 14.7 Å². The van der Waals surface area contributed by atoms with Crippen molar-refractivity contribution >= 4 is 44.3 Å². The van der Waals surface area contributed by atoms with Crippen molar-refractivity contribution in [3.8, 4) is 5.75 Å². The van der Waals surface area contributed by atoms with Gasteiger partial charge in [0.1, 0.15) is 5.75 Å². The molecule has 0 aromatic heterocycles. The summed E-state index contributed by atoms with van der Waals surface area (Å²) in [5.41, 5.74) is 0.654. The molecule has 2 atom stereocenters. The van der Waals surface area contributed by atoms with Crippen molar-refractivity contribution in [1.82, 2.24) is 0 Å². The van der Waals surface area contributed by atoms with Gasteiger partial charge in [-0.1, -0.05) is 23.9 Å². The molecule has 8 nitrogen and oxygen atoms in total. The minimum absolute atomic E-state index is 0.0204. The first kappa shape index (κ1) is 19.7. The number of amidine groups is 1. The Kier molecular flexibility index (Phi) is 5.75. The fourth-order valence-corrected chi connectivity index (χ4v) is 7.08. The summed E-state index contributed by atoms with van der Waals surface area (Å²) in [7, 11) is -3.17. The Hall–Kier alpha value is -2.07. The molecule has 1 aromatic carbocycles.